The van der Waals surface area contributed by atoms with E-state index in [0.29, 0.717) is 6.61 Å². The van der Waals surface area contributed by atoms with E-state index in [1.54, 1.807) is 7.11 Å². The zero-order chi connectivity index (χ0) is 19.6. The minimum absolute atomic E-state index is 0.0356. The van der Waals surface area contributed by atoms with Crippen LogP contribution in [0.15, 0.2) is 24.8 Å². The average molecular weight is 371 g/mol. The molecule has 1 fully saturated rings. The molecule has 1 rings (SSSR count). The number of esters is 1. The fourth-order valence-electron chi connectivity index (χ4n) is 3.10. The quantitative estimate of drug-likeness (QED) is 0.193. The highest BCUT2D eigenvalue weighted by molar-refractivity contribution is 5.74. The van der Waals surface area contributed by atoms with Crippen molar-refractivity contribution in [2.75, 3.05) is 13.7 Å². The first-order valence-corrected chi connectivity index (χ1v) is 10.2. The second-order valence-electron chi connectivity index (χ2n) is 6.95. The molecule has 0 saturated carbocycles. The number of allylic oxidation sites excluding steroid dienone is 3. The van der Waals surface area contributed by atoms with Crippen LogP contribution in [0.1, 0.15) is 70.6 Å². The predicted octanol–water partition coefficient (Wildman–Crippen LogP) is 5.21. The molecule has 27 heavy (non-hydrogen) atoms. The maximum absolute atomic E-state index is 11.7. The van der Waals surface area contributed by atoms with Gasteiger partial charge in [-0.1, -0.05) is 56.1 Å². The summed E-state index contributed by atoms with van der Waals surface area (Å²) in [6, 6.07) is 0. The summed E-state index contributed by atoms with van der Waals surface area (Å²) < 4.78 is 10.4. The number of rotatable bonds is 13. The third-order valence-electron chi connectivity index (χ3n) is 4.58. The molecule has 0 aromatic carbocycles. The topological polar surface area (TPSA) is 35.5 Å². The van der Waals surface area contributed by atoms with E-state index in [-0.39, 0.29) is 18.0 Å². The first-order chi connectivity index (χ1) is 13.3. The van der Waals surface area contributed by atoms with Crippen LogP contribution < -0.4 is 0 Å². The lowest BCUT2D eigenvalue weighted by Gasteiger charge is -2.06. The standard InChI is InChI=1S/C24H34O3/c1-3-4-5-6-7-8-9-10-11-12-13-14-15-16-17-18-19-22-20-23(21-26-2)27-24(22)25/h3,6-7,22-23H,1,4-5,12-21H2,2H3. The van der Waals surface area contributed by atoms with Crippen molar-refractivity contribution in [3.05, 3.63) is 24.8 Å². The molecule has 0 aromatic heterocycles. The van der Waals surface area contributed by atoms with Crippen molar-refractivity contribution in [1.29, 1.82) is 0 Å². The number of hydrogen-bond acceptors (Lipinski definition) is 3. The van der Waals surface area contributed by atoms with Crippen LogP contribution in [0.5, 0.6) is 0 Å². The van der Waals surface area contributed by atoms with Crippen LogP contribution in [-0.2, 0) is 14.3 Å². The van der Waals surface area contributed by atoms with Gasteiger partial charge in [0.1, 0.15) is 6.10 Å². The summed E-state index contributed by atoms with van der Waals surface area (Å²) >= 11 is 0. The molecule has 0 aliphatic carbocycles. The van der Waals surface area contributed by atoms with Crippen LogP contribution in [0.25, 0.3) is 0 Å². The number of cyclic esters (lactones) is 1. The van der Waals surface area contributed by atoms with Crippen LogP contribution in [-0.4, -0.2) is 25.8 Å². The van der Waals surface area contributed by atoms with Crippen molar-refractivity contribution in [2.24, 2.45) is 5.92 Å². The largest absolute Gasteiger partial charge is 0.460 e. The van der Waals surface area contributed by atoms with Gasteiger partial charge in [-0.05, 0) is 50.0 Å². The third-order valence-corrected chi connectivity index (χ3v) is 4.58. The molecule has 1 aliphatic rings. The SMILES string of the molecule is C=CCCC=CC#CC#CCCCCCCCCC1CC(COC)OC1=O. The van der Waals surface area contributed by atoms with Gasteiger partial charge >= 0.3 is 5.97 Å². The van der Waals surface area contributed by atoms with Crippen molar-refractivity contribution in [3.8, 4) is 23.7 Å². The molecule has 3 nitrogen and oxygen atoms in total. The van der Waals surface area contributed by atoms with Crippen molar-refractivity contribution < 1.29 is 14.3 Å². The fourth-order valence-corrected chi connectivity index (χ4v) is 3.10. The molecule has 1 aliphatic heterocycles. The lowest BCUT2D eigenvalue weighted by molar-refractivity contribution is -0.145. The summed E-state index contributed by atoms with van der Waals surface area (Å²) in [5.74, 6) is 11.8. The number of methoxy groups -OCH3 is 1. The molecule has 0 amide bonds. The van der Waals surface area contributed by atoms with Gasteiger partial charge in [0.15, 0.2) is 0 Å². The van der Waals surface area contributed by atoms with Gasteiger partial charge in [-0.15, -0.1) is 6.58 Å². The number of unbranched alkanes of at least 4 members (excludes halogenated alkanes) is 7. The Labute approximate surface area is 165 Å². The van der Waals surface area contributed by atoms with Crippen LogP contribution in [0.2, 0.25) is 0 Å². The highest BCUT2D eigenvalue weighted by Crippen LogP contribution is 2.26. The van der Waals surface area contributed by atoms with E-state index >= 15 is 0 Å². The van der Waals surface area contributed by atoms with Crippen LogP contribution in [0.4, 0.5) is 0 Å². The van der Waals surface area contributed by atoms with Gasteiger partial charge in [-0.3, -0.25) is 4.79 Å². The summed E-state index contributed by atoms with van der Waals surface area (Å²) in [5, 5.41) is 0. The smallest absolute Gasteiger partial charge is 0.309 e. The van der Waals surface area contributed by atoms with Crippen LogP contribution in [0.3, 0.4) is 0 Å². The maximum atomic E-state index is 11.7. The van der Waals surface area contributed by atoms with Crippen LogP contribution >= 0.6 is 0 Å². The van der Waals surface area contributed by atoms with Crippen molar-refractivity contribution in [3.63, 3.8) is 0 Å². The normalized spacial score (nSPS) is 18.5. The minimum Gasteiger partial charge on any atom is -0.460 e. The van der Waals surface area contributed by atoms with Crippen LogP contribution in [0, 0.1) is 29.6 Å². The summed E-state index contributed by atoms with van der Waals surface area (Å²) in [5.41, 5.74) is 0. The Morgan fingerprint density at radius 2 is 1.93 bits per heavy atom. The lowest BCUT2D eigenvalue weighted by Crippen LogP contribution is -2.13. The van der Waals surface area contributed by atoms with Gasteiger partial charge < -0.3 is 9.47 Å². The van der Waals surface area contributed by atoms with E-state index in [9.17, 15) is 4.79 Å². The Balaban J connectivity index is 1.93. The molecule has 1 heterocycles. The Bertz CT molecular complexity index is 568. The van der Waals surface area contributed by atoms with Gasteiger partial charge in [0.2, 0.25) is 0 Å². The van der Waals surface area contributed by atoms with Gasteiger partial charge in [-0.2, -0.15) is 0 Å². The van der Waals surface area contributed by atoms with Gasteiger partial charge in [0.25, 0.3) is 0 Å². The molecule has 0 radical (unpaired) electrons. The van der Waals surface area contributed by atoms with Gasteiger partial charge in [0, 0.05) is 13.5 Å². The zero-order valence-corrected chi connectivity index (χ0v) is 16.8. The van der Waals surface area contributed by atoms with Gasteiger partial charge in [-0.25, -0.2) is 0 Å². The third kappa shape index (κ3) is 12.1. The molecule has 148 valence electrons. The van der Waals surface area contributed by atoms with E-state index in [1.807, 2.05) is 18.2 Å². The zero-order valence-electron chi connectivity index (χ0n) is 16.8. The Hall–Kier alpha value is -1.97. The Kier molecular flexibility index (Phi) is 13.9. The second kappa shape index (κ2) is 16.2. The monoisotopic (exact) mass is 370 g/mol. The predicted molar refractivity (Wildman–Crippen MR) is 111 cm³/mol. The molecule has 3 heteroatoms. The summed E-state index contributed by atoms with van der Waals surface area (Å²) in [7, 11) is 1.64. The molecule has 2 atom stereocenters. The van der Waals surface area contributed by atoms with Gasteiger partial charge in [0.05, 0.1) is 12.5 Å². The molecule has 0 N–H and O–H groups in total. The highest BCUT2D eigenvalue weighted by atomic mass is 16.6. The molecule has 0 aromatic rings. The molecule has 0 spiro atoms. The average Bonchev–Trinajstić information content (AvgIpc) is 3.01. The molecule has 0 bridgehead atoms. The summed E-state index contributed by atoms with van der Waals surface area (Å²) in [6.07, 6.45) is 17.6. The Morgan fingerprint density at radius 3 is 2.70 bits per heavy atom. The molecular formula is C24H34O3. The summed E-state index contributed by atoms with van der Waals surface area (Å²) in [4.78, 5) is 11.7. The van der Waals surface area contributed by atoms with Crippen molar-refractivity contribution in [1.82, 2.24) is 0 Å². The first-order valence-electron chi connectivity index (χ1n) is 10.2. The first kappa shape index (κ1) is 23.1. The minimum atomic E-state index is -0.0361. The van der Waals surface area contributed by atoms with E-state index in [2.05, 4.69) is 30.3 Å². The molecule has 2 unspecified atom stereocenters. The van der Waals surface area contributed by atoms with E-state index in [0.717, 1.165) is 44.9 Å². The van der Waals surface area contributed by atoms with Crippen molar-refractivity contribution >= 4 is 5.97 Å². The van der Waals surface area contributed by atoms with E-state index < -0.39 is 0 Å². The number of hydrogen-bond donors (Lipinski definition) is 0. The fraction of sp³-hybridized carbons (Fsp3) is 0.625. The maximum Gasteiger partial charge on any atom is 0.309 e. The molecular weight excluding hydrogens is 336 g/mol. The van der Waals surface area contributed by atoms with E-state index in [4.69, 9.17) is 9.47 Å². The van der Waals surface area contributed by atoms with Crippen molar-refractivity contribution in [2.45, 2.75) is 76.7 Å². The number of carbonyl (C=O) groups is 1. The molecule has 1 saturated heterocycles. The highest BCUT2D eigenvalue weighted by Gasteiger charge is 2.33. The number of carbonyl (C=O) groups excluding carboxylic acids is 1. The van der Waals surface area contributed by atoms with E-state index in [1.165, 1.54) is 25.7 Å². The second-order valence-corrected chi connectivity index (χ2v) is 6.95. The summed E-state index contributed by atoms with van der Waals surface area (Å²) in [6.45, 7) is 4.20. The Morgan fingerprint density at radius 1 is 1.15 bits per heavy atom. The number of ether oxygens (including phenoxy) is 2. The lowest BCUT2D eigenvalue weighted by atomic mass is 9.97.